The number of rotatable bonds is 4. The number of carboxylic acids is 1. The lowest BCUT2D eigenvalue weighted by Crippen LogP contribution is -2.13. The second-order valence-electron chi connectivity index (χ2n) is 4.45. The van der Waals surface area contributed by atoms with Gasteiger partial charge in [-0.2, -0.15) is 5.26 Å². The van der Waals surface area contributed by atoms with E-state index in [9.17, 15) is 9.59 Å². The second-order valence-corrected chi connectivity index (χ2v) is 5.77. The standard InChI is InChI=1S/C16H12N2O3S/c1-10-2-7-14(22-10)8-12(9-17)15(19)18-13-5-3-11(4-6-13)16(20)21/h2-8H,1H3,(H,18,19)(H,20,21)/b12-8+. The van der Waals surface area contributed by atoms with Gasteiger partial charge in [-0.05, 0) is 49.4 Å². The highest BCUT2D eigenvalue weighted by molar-refractivity contribution is 7.12. The third-order valence-corrected chi connectivity index (χ3v) is 3.75. The summed E-state index contributed by atoms with van der Waals surface area (Å²) in [4.78, 5) is 24.7. The molecular formula is C16H12N2O3S. The van der Waals surface area contributed by atoms with Crippen LogP contribution in [0.5, 0.6) is 0 Å². The van der Waals surface area contributed by atoms with Crippen molar-refractivity contribution < 1.29 is 14.7 Å². The topological polar surface area (TPSA) is 90.2 Å². The van der Waals surface area contributed by atoms with Crippen molar-refractivity contribution in [1.82, 2.24) is 0 Å². The molecule has 6 heteroatoms. The lowest BCUT2D eigenvalue weighted by atomic mass is 10.2. The molecule has 1 heterocycles. The molecule has 0 aliphatic heterocycles. The van der Waals surface area contributed by atoms with E-state index in [1.807, 2.05) is 25.1 Å². The Kier molecular flexibility index (Phi) is 4.71. The number of carboxylic acid groups (broad SMARTS) is 1. The predicted octanol–water partition coefficient (Wildman–Crippen LogP) is 3.30. The van der Waals surface area contributed by atoms with E-state index in [0.717, 1.165) is 9.75 Å². The first-order chi connectivity index (χ1) is 10.5. The van der Waals surface area contributed by atoms with E-state index >= 15 is 0 Å². The summed E-state index contributed by atoms with van der Waals surface area (Å²) in [5.41, 5.74) is 0.547. The monoisotopic (exact) mass is 312 g/mol. The van der Waals surface area contributed by atoms with Crippen molar-refractivity contribution in [3.05, 3.63) is 57.3 Å². The van der Waals surface area contributed by atoms with Crippen LogP contribution in [0.3, 0.4) is 0 Å². The predicted molar refractivity (Wildman–Crippen MR) is 84.7 cm³/mol. The normalized spacial score (nSPS) is 10.8. The van der Waals surface area contributed by atoms with Crippen LogP contribution in [0, 0.1) is 18.3 Å². The van der Waals surface area contributed by atoms with Gasteiger partial charge in [-0.25, -0.2) is 4.79 Å². The largest absolute Gasteiger partial charge is 0.478 e. The lowest BCUT2D eigenvalue weighted by molar-refractivity contribution is -0.112. The molecule has 0 bridgehead atoms. The van der Waals surface area contributed by atoms with Gasteiger partial charge in [0.05, 0.1) is 5.56 Å². The van der Waals surface area contributed by atoms with Crippen molar-refractivity contribution in [1.29, 1.82) is 5.26 Å². The van der Waals surface area contributed by atoms with Gasteiger partial charge in [0.15, 0.2) is 0 Å². The number of aromatic carboxylic acids is 1. The first kappa shape index (κ1) is 15.5. The second kappa shape index (κ2) is 6.70. The first-order valence-corrected chi connectivity index (χ1v) is 7.14. The first-order valence-electron chi connectivity index (χ1n) is 6.32. The van der Waals surface area contributed by atoms with Crippen molar-refractivity contribution >= 4 is 35.0 Å². The van der Waals surface area contributed by atoms with Crippen LogP contribution < -0.4 is 5.32 Å². The molecule has 0 radical (unpaired) electrons. The highest BCUT2D eigenvalue weighted by Crippen LogP contribution is 2.19. The molecule has 0 aliphatic carbocycles. The lowest BCUT2D eigenvalue weighted by Gasteiger charge is -2.04. The summed E-state index contributed by atoms with van der Waals surface area (Å²) in [5.74, 6) is -1.57. The Hall–Kier alpha value is -2.91. The van der Waals surface area contributed by atoms with Crippen LogP contribution in [-0.4, -0.2) is 17.0 Å². The number of nitriles is 1. The summed E-state index contributed by atoms with van der Waals surface area (Å²) in [6, 6.07) is 11.3. The Morgan fingerprint density at radius 1 is 1.23 bits per heavy atom. The van der Waals surface area contributed by atoms with Gasteiger partial charge in [0.25, 0.3) is 5.91 Å². The molecule has 110 valence electrons. The van der Waals surface area contributed by atoms with Gasteiger partial charge >= 0.3 is 5.97 Å². The van der Waals surface area contributed by atoms with E-state index in [-0.39, 0.29) is 11.1 Å². The van der Waals surface area contributed by atoms with Crippen LogP contribution >= 0.6 is 11.3 Å². The average molecular weight is 312 g/mol. The van der Waals surface area contributed by atoms with Crippen LogP contribution in [0.25, 0.3) is 6.08 Å². The molecule has 22 heavy (non-hydrogen) atoms. The van der Waals surface area contributed by atoms with Gasteiger partial charge in [-0.15, -0.1) is 11.3 Å². The van der Waals surface area contributed by atoms with Crippen LogP contribution in [0.4, 0.5) is 5.69 Å². The van der Waals surface area contributed by atoms with Gasteiger partial charge < -0.3 is 10.4 Å². The quantitative estimate of drug-likeness (QED) is 0.669. The fourth-order valence-electron chi connectivity index (χ4n) is 1.72. The van der Waals surface area contributed by atoms with Crippen molar-refractivity contribution in [3.63, 3.8) is 0 Å². The van der Waals surface area contributed by atoms with Crippen molar-refractivity contribution in [2.24, 2.45) is 0 Å². The molecule has 0 atom stereocenters. The van der Waals surface area contributed by atoms with Crippen molar-refractivity contribution in [2.45, 2.75) is 6.92 Å². The average Bonchev–Trinajstić information content (AvgIpc) is 2.90. The maximum atomic E-state index is 12.1. The molecule has 0 aliphatic rings. The number of hydrogen-bond donors (Lipinski definition) is 2. The van der Waals surface area contributed by atoms with Crippen LogP contribution in [0.1, 0.15) is 20.1 Å². The van der Waals surface area contributed by atoms with Gasteiger partial charge in [0.1, 0.15) is 11.6 Å². The van der Waals surface area contributed by atoms with Gasteiger partial charge in [-0.3, -0.25) is 4.79 Å². The van der Waals surface area contributed by atoms with Crippen molar-refractivity contribution in [3.8, 4) is 6.07 Å². The third kappa shape index (κ3) is 3.81. The van der Waals surface area contributed by atoms with E-state index in [0.29, 0.717) is 5.69 Å². The smallest absolute Gasteiger partial charge is 0.335 e. The Balaban J connectivity index is 2.14. The molecular weight excluding hydrogens is 300 g/mol. The summed E-state index contributed by atoms with van der Waals surface area (Å²) in [7, 11) is 0. The van der Waals surface area contributed by atoms with Crippen molar-refractivity contribution in [2.75, 3.05) is 5.32 Å². The molecule has 0 spiro atoms. The molecule has 2 rings (SSSR count). The number of carbonyl (C=O) groups is 2. The number of thiophene rings is 1. The molecule has 2 N–H and O–H groups in total. The van der Waals surface area contributed by atoms with Gasteiger partial charge in [-0.1, -0.05) is 0 Å². The zero-order valence-corrected chi connectivity index (χ0v) is 12.5. The zero-order valence-electron chi connectivity index (χ0n) is 11.7. The molecule has 2 aromatic rings. The molecule has 0 saturated heterocycles. The highest BCUT2D eigenvalue weighted by Gasteiger charge is 2.10. The zero-order chi connectivity index (χ0) is 16.1. The molecule has 1 amide bonds. The molecule has 0 fully saturated rings. The number of anilines is 1. The highest BCUT2D eigenvalue weighted by atomic mass is 32.1. The van der Waals surface area contributed by atoms with Crippen LogP contribution in [0.2, 0.25) is 0 Å². The Morgan fingerprint density at radius 3 is 2.41 bits per heavy atom. The van der Waals surface area contributed by atoms with Crippen LogP contribution in [0.15, 0.2) is 42.0 Å². The summed E-state index contributed by atoms with van der Waals surface area (Å²) in [5, 5.41) is 20.5. The third-order valence-electron chi connectivity index (χ3n) is 2.80. The molecule has 0 unspecified atom stereocenters. The number of aryl methyl sites for hydroxylation is 1. The number of benzene rings is 1. The number of amides is 1. The summed E-state index contributed by atoms with van der Waals surface area (Å²) in [6.07, 6.45) is 1.53. The minimum Gasteiger partial charge on any atom is -0.478 e. The molecule has 1 aromatic carbocycles. The Labute approximate surface area is 131 Å². The van der Waals surface area contributed by atoms with E-state index < -0.39 is 11.9 Å². The molecule has 1 aromatic heterocycles. The Bertz CT molecular complexity index is 782. The number of nitrogens with zero attached hydrogens (tertiary/aromatic N) is 1. The number of nitrogens with one attached hydrogen (secondary N) is 1. The minimum atomic E-state index is -1.04. The maximum absolute atomic E-state index is 12.1. The summed E-state index contributed by atoms with van der Waals surface area (Å²) in [6.45, 7) is 1.94. The number of hydrogen-bond acceptors (Lipinski definition) is 4. The van der Waals surface area contributed by atoms with E-state index in [1.165, 1.54) is 41.7 Å². The van der Waals surface area contributed by atoms with Gasteiger partial charge in [0.2, 0.25) is 0 Å². The van der Waals surface area contributed by atoms with Gasteiger partial charge in [0, 0.05) is 15.4 Å². The maximum Gasteiger partial charge on any atom is 0.335 e. The fourth-order valence-corrected chi connectivity index (χ4v) is 2.54. The SMILES string of the molecule is Cc1ccc(/C=C(\C#N)C(=O)Nc2ccc(C(=O)O)cc2)s1. The summed E-state index contributed by atoms with van der Waals surface area (Å²) >= 11 is 1.49. The van der Waals surface area contributed by atoms with E-state index in [1.54, 1.807) is 0 Å². The minimum absolute atomic E-state index is 0.0100. The Morgan fingerprint density at radius 2 is 1.91 bits per heavy atom. The van der Waals surface area contributed by atoms with E-state index in [4.69, 9.17) is 10.4 Å². The van der Waals surface area contributed by atoms with Crippen LogP contribution in [-0.2, 0) is 4.79 Å². The van der Waals surface area contributed by atoms with E-state index in [2.05, 4.69) is 5.32 Å². The summed E-state index contributed by atoms with van der Waals surface area (Å²) < 4.78 is 0. The molecule has 5 nitrogen and oxygen atoms in total. The number of carbonyl (C=O) groups excluding carboxylic acids is 1. The fraction of sp³-hybridized carbons (Fsp3) is 0.0625. The molecule has 0 saturated carbocycles.